The molecule has 24 heavy (non-hydrogen) atoms. The lowest BCUT2D eigenvalue weighted by Gasteiger charge is -2.09. The molecule has 1 heterocycles. The first-order valence-corrected chi connectivity index (χ1v) is 7.37. The molecule has 1 aromatic carbocycles. The van der Waals surface area contributed by atoms with Gasteiger partial charge in [0.15, 0.2) is 0 Å². The highest BCUT2D eigenvalue weighted by Gasteiger charge is 2.11. The van der Waals surface area contributed by atoms with Gasteiger partial charge in [0, 0.05) is 30.5 Å². The van der Waals surface area contributed by atoms with E-state index in [1.165, 1.54) is 6.92 Å². The molecule has 0 spiro atoms. The summed E-state index contributed by atoms with van der Waals surface area (Å²) in [4.78, 5) is 31.7. The third kappa shape index (κ3) is 4.91. The smallest absolute Gasteiger partial charge is 0.274 e. The van der Waals surface area contributed by atoms with E-state index in [1.54, 1.807) is 43.3 Å². The first kappa shape index (κ1) is 17.1. The van der Waals surface area contributed by atoms with E-state index in [2.05, 4.69) is 32.5 Å². The fourth-order valence-corrected chi connectivity index (χ4v) is 1.96. The van der Waals surface area contributed by atoms with E-state index in [0.717, 1.165) is 0 Å². The van der Waals surface area contributed by atoms with Gasteiger partial charge in [-0.3, -0.25) is 9.59 Å². The molecule has 0 radical (unpaired) electrons. The van der Waals surface area contributed by atoms with Crippen molar-refractivity contribution in [3.05, 3.63) is 54.4 Å². The highest BCUT2D eigenvalue weighted by atomic mass is 16.2. The van der Waals surface area contributed by atoms with Crippen molar-refractivity contribution in [1.29, 1.82) is 0 Å². The van der Waals surface area contributed by atoms with Crippen molar-refractivity contribution in [2.24, 2.45) is 0 Å². The largest absolute Gasteiger partial charge is 0.351 e. The van der Waals surface area contributed by atoms with Gasteiger partial charge in [-0.15, -0.1) is 6.58 Å². The first-order valence-electron chi connectivity index (χ1n) is 7.37. The second-order valence-electron chi connectivity index (χ2n) is 5.10. The van der Waals surface area contributed by atoms with E-state index < -0.39 is 0 Å². The predicted octanol–water partition coefficient (Wildman–Crippen LogP) is 2.59. The standard InChI is InChI=1S/C17H19N5O2/c1-4-9-18-17-19-11(2)10-15(22-17)16(24)21-14-7-5-13(6-8-14)20-12(3)23/h4-8,10H,1,9H2,2-3H3,(H,20,23)(H,21,24)(H,18,19,22). The molecule has 2 aromatic rings. The van der Waals surface area contributed by atoms with Crippen molar-refractivity contribution in [3.8, 4) is 0 Å². The zero-order valence-corrected chi connectivity index (χ0v) is 13.6. The number of carbonyl (C=O) groups is 2. The molecule has 0 saturated carbocycles. The van der Waals surface area contributed by atoms with E-state index in [-0.39, 0.29) is 17.5 Å². The van der Waals surface area contributed by atoms with Crippen molar-refractivity contribution in [2.45, 2.75) is 13.8 Å². The lowest BCUT2D eigenvalue weighted by atomic mass is 10.2. The van der Waals surface area contributed by atoms with Gasteiger partial charge in [0.25, 0.3) is 5.91 Å². The number of nitrogens with one attached hydrogen (secondary N) is 3. The van der Waals surface area contributed by atoms with E-state index in [4.69, 9.17) is 0 Å². The highest BCUT2D eigenvalue weighted by Crippen LogP contribution is 2.15. The number of hydrogen-bond acceptors (Lipinski definition) is 5. The summed E-state index contributed by atoms with van der Waals surface area (Å²) >= 11 is 0. The van der Waals surface area contributed by atoms with Crippen LogP contribution in [-0.2, 0) is 4.79 Å². The van der Waals surface area contributed by atoms with Gasteiger partial charge < -0.3 is 16.0 Å². The maximum Gasteiger partial charge on any atom is 0.274 e. The number of aryl methyl sites for hydroxylation is 1. The number of rotatable bonds is 6. The molecule has 0 aliphatic rings. The van der Waals surface area contributed by atoms with E-state index in [9.17, 15) is 9.59 Å². The minimum Gasteiger partial charge on any atom is -0.351 e. The van der Waals surface area contributed by atoms with Crippen LogP contribution < -0.4 is 16.0 Å². The second-order valence-corrected chi connectivity index (χ2v) is 5.10. The van der Waals surface area contributed by atoms with E-state index in [1.807, 2.05) is 0 Å². The van der Waals surface area contributed by atoms with Gasteiger partial charge >= 0.3 is 0 Å². The molecule has 2 rings (SSSR count). The van der Waals surface area contributed by atoms with Crippen LogP contribution in [0.2, 0.25) is 0 Å². The lowest BCUT2D eigenvalue weighted by Crippen LogP contribution is -2.16. The Morgan fingerprint density at radius 3 is 2.33 bits per heavy atom. The monoisotopic (exact) mass is 325 g/mol. The summed E-state index contributed by atoms with van der Waals surface area (Å²) in [6.45, 7) is 7.35. The number of benzene rings is 1. The molecule has 0 aliphatic carbocycles. The number of hydrogen-bond donors (Lipinski definition) is 3. The van der Waals surface area contributed by atoms with Gasteiger partial charge in [-0.25, -0.2) is 9.97 Å². The predicted molar refractivity (Wildman–Crippen MR) is 94.2 cm³/mol. The van der Waals surface area contributed by atoms with Gasteiger partial charge in [-0.05, 0) is 37.3 Å². The molecule has 0 unspecified atom stereocenters. The molecule has 0 bridgehead atoms. The van der Waals surface area contributed by atoms with Crippen LogP contribution >= 0.6 is 0 Å². The van der Waals surface area contributed by atoms with Crippen LogP contribution in [0.5, 0.6) is 0 Å². The van der Waals surface area contributed by atoms with Crippen LogP contribution in [0.3, 0.4) is 0 Å². The highest BCUT2D eigenvalue weighted by molar-refractivity contribution is 6.03. The van der Waals surface area contributed by atoms with Gasteiger partial charge in [-0.2, -0.15) is 0 Å². The van der Waals surface area contributed by atoms with Crippen LogP contribution in [-0.4, -0.2) is 28.3 Å². The first-order chi connectivity index (χ1) is 11.5. The average molecular weight is 325 g/mol. The van der Waals surface area contributed by atoms with Crippen molar-refractivity contribution in [1.82, 2.24) is 9.97 Å². The summed E-state index contributed by atoms with van der Waals surface area (Å²) in [7, 11) is 0. The van der Waals surface area contributed by atoms with Crippen LogP contribution in [0.25, 0.3) is 0 Å². The summed E-state index contributed by atoms with van der Waals surface area (Å²) in [5.74, 6) is -0.113. The molecular formula is C17H19N5O2. The molecule has 0 saturated heterocycles. The van der Waals surface area contributed by atoms with Gasteiger partial charge in [0.2, 0.25) is 11.9 Å². The minimum atomic E-state index is -0.338. The zero-order chi connectivity index (χ0) is 17.5. The number of amides is 2. The molecule has 1 aromatic heterocycles. The van der Waals surface area contributed by atoms with Crippen molar-refractivity contribution in [3.63, 3.8) is 0 Å². The van der Waals surface area contributed by atoms with E-state index >= 15 is 0 Å². The third-order valence-corrected chi connectivity index (χ3v) is 2.95. The van der Waals surface area contributed by atoms with Crippen LogP contribution in [0.4, 0.5) is 17.3 Å². The fourth-order valence-electron chi connectivity index (χ4n) is 1.96. The van der Waals surface area contributed by atoms with Crippen molar-refractivity contribution >= 4 is 29.1 Å². The summed E-state index contributed by atoms with van der Waals surface area (Å²) in [6, 6.07) is 8.43. The van der Waals surface area contributed by atoms with Crippen LogP contribution in [0.15, 0.2) is 43.0 Å². The number of nitrogens with zero attached hydrogens (tertiary/aromatic N) is 2. The molecule has 3 N–H and O–H groups in total. The summed E-state index contributed by atoms with van der Waals surface area (Å²) < 4.78 is 0. The Morgan fingerprint density at radius 2 is 1.75 bits per heavy atom. The lowest BCUT2D eigenvalue weighted by molar-refractivity contribution is -0.114. The Labute approximate surface area is 140 Å². The van der Waals surface area contributed by atoms with Crippen LogP contribution in [0, 0.1) is 6.92 Å². The Hall–Kier alpha value is -3.22. The molecule has 7 nitrogen and oxygen atoms in total. The Balaban J connectivity index is 2.10. The number of carbonyl (C=O) groups excluding carboxylic acids is 2. The average Bonchev–Trinajstić information content (AvgIpc) is 2.53. The Morgan fingerprint density at radius 1 is 1.12 bits per heavy atom. The number of aromatic nitrogens is 2. The molecule has 2 amide bonds. The number of anilines is 3. The molecule has 0 atom stereocenters. The Kier molecular flexibility index (Phi) is 5.62. The molecule has 0 fully saturated rings. The maximum atomic E-state index is 12.3. The fraction of sp³-hybridized carbons (Fsp3) is 0.176. The summed E-state index contributed by atoms with van der Waals surface area (Å²) in [5, 5.41) is 8.38. The van der Waals surface area contributed by atoms with Crippen molar-refractivity contribution in [2.75, 3.05) is 22.5 Å². The molecule has 124 valence electrons. The van der Waals surface area contributed by atoms with Crippen molar-refractivity contribution < 1.29 is 9.59 Å². The third-order valence-electron chi connectivity index (χ3n) is 2.95. The second kappa shape index (κ2) is 7.87. The summed E-state index contributed by atoms with van der Waals surface area (Å²) in [6.07, 6.45) is 1.68. The van der Waals surface area contributed by atoms with Crippen LogP contribution in [0.1, 0.15) is 23.1 Å². The minimum absolute atomic E-state index is 0.150. The van der Waals surface area contributed by atoms with Gasteiger partial charge in [0.1, 0.15) is 5.69 Å². The Bertz CT molecular complexity index is 756. The molecular weight excluding hydrogens is 306 g/mol. The molecule has 7 heteroatoms. The van der Waals surface area contributed by atoms with Gasteiger partial charge in [-0.1, -0.05) is 6.08 Å². The van der Waals surface area contributed by atoms with E-state index in [0.29, 0.717) is 29.6 Å². The SMILES string of the molecule is C=CCNc1nc(C)cc(C(=O)Nc2ccc(NC(C)=O)cc2)n1. The molecule has 0 aliphatic heterocycles. The topological polar surface area (TPSA) is 96.0 Å². The summed E-state index contributed by atoms with van der Waals surface area (Å²) in [5.41, 5.74) is 2.21. The zero-order valence-electron chi connectivity index (χ0n) is 13.6. The quantitative estimate of drug-likeness (QED) is 0.709. The van der Waals surface area contributed by atoms with Gasteiger partial charge in [0.05, 0.1) is 0 Å². The maximum absolute atomic E-state index is 12.3. The normalized spacial score (nSPS) is 9.92.